The molecule has 1 aliphatic carbocycles. The van der Waals surface area contributed by atoms with Gasteiger partial charge in [-0.1, -0.05) is 18.2 Å². The molecule has 0 spiro atoms. The maximum absolute atomic E-state index is 13.3. The van der Waals surface area contributed by atoms with Crippen LogP contribution in [0.5, 0.6) is 0 Å². The smallest absolute Gasteiger partial charge is 0.268 e. The zero-order valence-corrected chi connectivity index (χ0v) is 17.5. The summed E-state index contributed by atoms with van der Waals surface area (Å²) in [6, 6.07) is 15.9. The molecule has 158 valence electrons. The molecular formula is C25H22N6O. The maximum Gasteiger partial charge on any atom is 0.268 e. The van der Waals surface area contributed by atoms with E-state index in [0.29, 0.717) is 24.1 Å². The molecule has 1 aliphatic rings. The van der Waals surface area contributed by atoms with Crippen LogP contribution in [0.1, 0.15) is 28.9 Å². The van der Waals surface area contributed by atoms with Gasteiger partial charge in [0.15, 0.2) is 0 Å². The average molecular weight is 422 g/mol. The summed E-state index contributed by atoms with van der Waals surface area (Å²) in [4.78, 5) is 26.3. The van der Waals surface area contributed by atoms with Crippen molar-refractivity contribution in [2.45, 2.75) is 25.9 Å². The third kappa shape index (κ3) is 3.22. The van der Waals surface area contributed by atoms with Crippen LogP contribution in [0.4, 0.5) is 0 Å². The number of carbonyl (C=O) groups excluding carboxylic acids is 1. The number of benzene rings is 1. The summed E-state index contributed by atoms with van der Waals surface area (Å²) in [6.45, 7) is 1.39. The number of pyridine rings is 1. The topological polar surface area (TPSA) is 77.6 Å². The molecule has 4 aromatic heterocycles. The van der Waals surface area contributed by atoms with Gasteiger partial charge >= 0.3 is 0 Å². The summed E-state index contributed by atoms with van der Waals surface area (Å²) in [6.07, 6.45) is 9.38. The summed E-state index contributed by atoms with van der Waals surface area (Å²) < 4.78 is 4.24. The van der Waals surface area contributed by atoms with Crippen LogP contribution in [0, 0.1) is 5.92 Å². The lowest BCUT2D eigenvalue weighted by Gasteiger charge is -2.10. The number of hydrogen-bond donors (Lipinski definition) is 1. The molecule has 0 saturated heterocycles. The number of aromatic nitrogens is 5. The van der Waals surface area contributed by atoms with Crippen LogP contribution in [0.15, 0.2) is 73.3 Å². The fourth-order valence-electron chi connectivity index (χ4n) is 4.31. The van der Waals surface area contributed by atoms with Crippen molar-refractivity contribution < 1.29 is 4.79 Å². The van der Waals surface area contributed by atoms with Gasteiger partial charge in [-0.15, -0.1) is 0 Å². The minimum atomic E-state index is -0.160. The van der Waals surface area contributed by atoms with Gasteiger partial charge in [0.25, 0.3) is 5.91 Å². The summed E-state index contributed by atoms with van der Waals surface area (Å²) in [5, 5.41) is 4.15. The van der Waals surface area contributed by atoms with Gasteiger partial charge in [-0.25, -0.2) is 9.97 Å². The molecule has 1 amide bonds. The molecule has 0 unspecified atom stereocenters. The molecule has 0 bridgehead atoms. The summed E-state index contributed by atoms with van der Waals surface area (Å²) in [7, 11) is 0. The molecule has 0 radical (unpaired) electrons. The molecule has 0 atom stereocenters. The van der Waals surface area contributed by atoms with Crippen molar-refractivity contribution in [3.8, 4) is 5.95 Å². The molecule has 32 heavy (non-hydrogen) atoms. The Kier molecular flexibility index (Phi) is 4.45. The minimum Gasteiger partial charge on any atom is -0.347 e. The molecule has 4 heterocycles. The maximum atomic E-state index is 13.3. The van der Waals surface area contributed by atoms with Crippen LogP contribution in [0.25, 0.3) is 27.9 Å². The first-order valence-electron chi connectivity index (χ1n) is 10.9. The Morgan fingerprint density at radius 3 is 2.53 bits per heavy atom. The molecule has 6 rings (SSSR count). The quantitative estimate of drug-likeness (QED) is 0.447. The summed E-state index contributed by atoms with van der Waals surface area (Å²) in [5.41, 5.74) is 4.72. The number of para-hydroxylation sites is 1. The van der Waals surface area contributed by atoms with Crippen molar-refractivity contribution in [2.24, 2.45) is 5.92 Å². The fraction of sp³-hybridized carbons (Fsp3) is 0.200. The van der Waals surface area contributed by atoms with E-state index < -0.39 is 0 Å². The Hall–Kier alpha value is -4.00. The van der Waals surface area contributed by atoms with Crippen LogP contribution < -0.4 is 5.32 Å². The second kappa shape index (κ2) is 7.60. The predicted octanol–water partition coefficient (Wildman–Crippen LogP) is 4.11. The van der Waals surface area contributed by atoms with Crippen molar-refractivity contribution in [3.05, 3.63) is 84.6 Å². The molecule has 5 aromatic rings. The van der Waals surface area contributed by atoms with E-state index in [1.807, 2.05) is 28.8 Å². The monoisotopic (exact) mass is 422 g/mol. The highest BCUT2D eigenvalue weighted by Crippen LogP contribution is 2.37. The third-order valence-corrected chi connectivity index (χ3v) is 6.05. The normalized spacial score (nSPS) is 13.6. The largest absolute Gasteiger partial charge is 0.347 e. The van der Waals surface area contributed by atoms with Crippen LogP contribution >= 0.6 is 0 Å². The van der Waals surface area contributed by atoms with E-state index in [4.69, 9.17) is 0 Å². The van der Waals surface area contributed by atoms with Gasteiger partial charge in [-0.2, -0.15) is 0 Å². The zero-order chi connectivity index (χ0) is 21.5. The summed E-state index contributed by atoms with van der Waals surface area (Å²) in [5.74, 6) is 1.03. The second-order valence-corrected chi connectivity index (χ2v) is 8.26. The summed E-state index contributed by atoms with van der Waals surface area (Å²) >= 11 is 0. The first-order valence-corrected chi connectivity index (χ1v) is 10.9. The Morgan fingerprint density at radius 1 is 0.969 bits per heavy atom. The average Bonchev–Trinajstić information content (AvgIpc) is 3.51. The standard InChI is InChI=1S/C25H22N6O/c32-24(29-15-17-8-12-26-13-9-17)22-14-21-23(31(22)25-27-10-3-11-28-25)19-4-1-2-5-20(19)30(21)16-18-6-7-18/h1-5,8-14,18H,6-7,15-16H2,(H,29,32). The highest BCUT2D eigenvalue weighted by atomic mass is 16.1. The highest BCUT2D eigenvalue weighted by Gasteiger charge is 2.27. The molecule has 1 N–H and O–H groups in total. The first-order chi connectivity index (χ1) is 15.8. The van der Waals surface area contributed by atoms with Gasteiger partial charge < -0.3 is 9.88 Å². The molecule has 7 heteroatoms. The Morgan fingerprint density at radius 2 is 1.75 bits per heavy atom. The lowest BCUT2D eigenvalue weighted by atomic mass is 10.2. The molecule has 1 fully saturated rings. The Balaban J connectivity index is 1.52. The van der Waals surface area contributed by atoms with Gasteiger partial charge in [0, 0.05) is 43.3 Å². The van der Waals surface area contributed by atoms with E-state index in [-0.39, 0.29) is 5.91 Å². The van der Waals surface area contributed by atoms with Crippen LogP contribution in [-0.4, -0.2) is 30.0 Å². The van der Waals surface area contributed by atoms with Crippen molar-refractivity contribution in [1.82, 2.24) is 29.4 Å². The molecule has 7 nitrogen and oxygen atoms in total. The molecule has 1 saturated carbocycles. The minimum absolute atomic E-state index is 0.160. The zero-order valence-electron chi connectivity index (χ0n) is 17.5. The van der Waals surface area contributed by atoms with Gasteiger partial charge in [0.1, 0.15) is 5.69 Å². The number of nitrogens with one attached hydrogen (secondary N) is 1. The van der Waals surface area contributed by atoms with E-state index in [2.05, 4.69) is 43.0 Å². The second-order valence-electron chi connectivity index (χ2n) is 8.26. The number of nitrogens with zero attached hydrogens (tertiary/aromatic N) is 5. The van der Waals surface area contributed by atoms with Crippen molar-refractivity contribution in [3.63, 3.8) is 0 Å². The Bertz CT molecular complexity index is 1420. The van der Waals surface area contributed by atoms with E-state index in [1.54, 1.807) is 30.9 Å². The van der Waals surface area contributed by atoms with Gasteiger partial charge in [0.2, 0.25) is 5.95 Å². The lowest BCUT2D eigenvalue weighted by Crippen LogP contribution is -2.25. The van der Waals surface area contributed by atoms with E-state index >= 15 is 0 Å². The number of rotatable bonds is 6. The van der Waals surface area contributed by atoms with Crippen LogP contribution in [0.2, 0.25) is 0 Å². The first kappa shape index (κ1) is 18.7. The number of amides is 1. The van der Waals surface area contributed by atoms with E-state index in [9.17, 15) is 4.79 Å². The number of carbonyl (C=O) groups is 1. The van der Waals surface area contributed by atoms with Crippen molar-refractivity contribution in [2.75, 3.05) is 0 Å². The molecular weight excluding hydrogens is 400 g/mol. The van der Waals surface area contributed by atoms with Gasteiger partial charge in [-0.05, 0) is 54.7 Å². The van der Waals surface area contributed by atoms with Crippen molar-refractivity contribution in [1.29, 1.82) is 0 Å². The van der Waals surface area contributed by atoms with Gasteiger partial charge in [0.05, 0.1) is 16.6 Å². The fourth-order valence-corrected chi connectivity index (χ4v) is 4.31. The molecule has 0 aliphatic heterocycles. The predicted molar refractivity (Wildman–Crippen MR) is 122 cm³/mol. The SMILES string of the molecule is O=C(NCc1ccncc1)c1cc2c(c3ccccc3n2CC2CC2)n1-c1ncccn1. The number of hydrogen-bond acceptors (Lipinski definition) is 4. The van der Waals surface area contributed by atoms with E-state index in [0.717, 1.165) is 28.5 Å². The van der Waals surface area contributed by atoms with Crippen LogP contribution in [0.3, 0.4) is 0 Å². The van der Waals surface area contributed by atoms with Crippen molar-refractivity contribution >= 4 is 27.8 Å². The van der Waals surface area contributed by atoms with E-state index in [1.165, 1.54) is 18.4 Å². The van der Waals surface area contributed by atoms with Crippen LogP contribution in [-0.2, 0) is 13.1 Å². The third-order valence-electron chi connectivity index (χ3n) is 6.05. The van der Waals surface area contributed by atoms with Gasteiger partial charge in [-0.3, -0.25) is 14.3 Å². The highest BCUT2D eigenvalue weighted by molar-refractivity contribution is 6.10. The molecule has 1 aromatic carbocycles. The lowest BCUT2D eigenvalue weighted by molar-refractivity contribution is 0.0944. The number of fused-ring (bicyclic) bond motifs is 3. The Labute approximate surface area is 184 Å².